The number of hydrogen-bond donors (Lipinski definition) is 2. The van der Waals surface area contributed by atoms with Crippen LogP contribution in [-0.4, -0.2) is 5.66 Å². The van der Waals surface area contributed by atoms with Crippen LogP contribution in [0.1, 0.15) is 110 Å². The summed E-state index contributed by atoms with van der Waals surface area (Å²) in [6.45, 7) is 4.52. The first-order valence-corrected chi connectivity index (χ1v) is 9.20. The zero-order valence-electron chi connectivity index (χ0n) is 14.3. The maximum absolute atomic E-state index is 6.19. The molecule has 0 rings (SSSR count). The summed E-state index contributed by atoms with van der Waals surface area (Å²) in [5.41, 5.74) is 12.0. The third-order valence-corrected chi connectivity index (χ3v) is 4.24. The van der Waals surface area contributed by atoms with Gasteiger partial charge in [-0.05, 0) is 12.8 Å². The lowest BCUT2D eigenvalue weighted by molar-refractivity contribution is 0.345. The predicted octanol–water partition coefficient (Wildman–Crippen LogP) is 5.49. The number of hydrogen-bond acceptors (Lipinski definition) is 2. The highest BCUT2D eigenvalue weighted by Gasteiger charge is 2.17. The van der Waals surface area contributed by atoms with Crippen molar-refractivity contribution in [3.05, 3.63) is 0 Å². The molecule has 0 bridgehead atoms. The monoisotopic (exact) mass is 284 g/mol. The Morgan fingerprint density at radius 2 is 0.800 bits per heavy atom. The van der Waals surface area contributed by atoms with Gasteiger partial charge in [-0.3, -0.25) is 0 Å². The molecule has 4 N–H and O–H groups in total. The van der Waals surface area contributed by atoms with Gasteiger partial charge in [-0.2, -0.15) is 0 Å². The molecule has 0 aromatic carbocycles. The van der Waals surface area contributed by atoms with E-state index in [4.69, 9.17) is 11.5 Å². The van der Waals surface area contributed by atoms with Crippen LogP contribution in [0, 0.1) is 0 Å². The summed E-state index contributed by atoms with van der Waals surface area (Å²) in [5.74, 6) is 0. The van der Waals surface area contributed by atoms with Crippen molar-refractivity contribution in [3.63, 3.8) is 0 Å². The molecule has 0 aromatic heterocycles. The van der Waals surface area contributed by atoms with Crippen molar-refractivity contribution < 1.29 is 0 Å². The van der Waals surface area contributed by atoms with E-state index in [1.807, 2.05) is 0 Å². The van der Waals surface area contributed by atoms with Crippen LogP contribution in [0.15, 0.2) is 0 Å². The Morgan fingerprint density at radius 3 is 1.15 bits per heavy atom. The Balaban J connectivity index is 3.33. The molecule has 0 amide bonds. The zero-order chi connectivity index (χ0) is 15.1. The molecule has 0 aliphatic heterocycles. The third-order valence-electron chi connectivity index (χ3n) is 4.24. The van der Waals surface area contributed by atoms with Gasteiger partial charge in [-0.1, -0.05) is 97.3 Å². The summed E-state index contributed by atoms with van der Waals surface area (Å²) < 4.78 is 0. The molecule has 2 heteroatoms. The predicted molar refractivity (Wildman–Crippen MR) is 91.7 cm³/mol. The van der Waals surface area contributed by atoms with E-state index >= 15 is 0 Å². The molecule has 122 valence electrons. The Labute approximate surface area is 128 Å². The van der Waals surface area contributed by atoms with E-state index in [2.05, 4.69) is 13.8 Å². The van der Waals surface area contributed by atoms with Gasteiger partial charge in [0.25, 0.3) is 0 Å². The topological polar surface area (TPSA) is 52.0 Å². The summed E-state index contributed by atoms with van der Waals surface area (Å²) >= 11 is 0. The molecule has 0 aliphatic carbocycles. The Morgan fingerprint density at radius 1 is 0.500 bits per heavy atom. The summed E-state index contributed by atoms with van der Waals surface area (Å²) in [7, 11) is 0. The zero-order valence-corrected chi connectivity index (χ0v) is 14.3. The molecule has 0 aromatic rings. The van der Waals surface area contributed by atoms with Crippen LogP contribution in [0.25, 0.3) is 0 Å². The second-order valence-corrected chi connectivity index (χ2v) is 6.62. The van der Waals surface area contributed by atoms with Gasteiger partial charge in [0.05, 0.1) is 5.66 Å². The van der Waals surface area contributed by atoms with Crippen molar-refractivity contribution in [2.45, 2.75) is 116 Å². The Hall–Kier alpha value is -0.0800. The van der Waals surface area contributed by atoms with Crippen LogP contribution < -0.4 is 11.5 Å². The van der Waals surface area contributed by atoms with Crippen molar-refractivity contribution in [1.29, 1.82) is 0 Å². The fraction of sp³-hybridized carbons (Fsp3) is 1.00. The molecule has 0 unspecified atom stereocenters. The van der Waals surface area contributed by atoms with E-state index in [1.54, 1.807) is 0 Å². The van der Waals surface area contributed by atoms with Crippen molar-refractivity contribution >= 4 is 0 Å². The highest BCUT2D eigenvalue weighted by atomic mass is 14.9. The average molecular weight is 285 g/mol. The first kappa shape index (κ1) is 19.9. The minimum absolute atomic E-state index is 0.408. The second-order valence-electron chi connectivity index (χ2n) is 6.62. The molecule has 20 heavy (non-hydrogen) atoms. The van der Waals surface area contributed by atoms with Crippen LogP contribution in [0.3, 0.4) is 0 Å². The summed E-state index contributed by atoms with van der Waals surface area (Å²) in [6, 6.07) is 0. The first-order chi connectivity index (χ1) is 9.62. The fourth-order valence-electron chi connectivity index (χ4n) is 2.77. The van der Waals surface area contributed by atoms with Gasteiger partial charge in [0, 0.05) is 0 Å². The summed E-state index contributed by atoms with van der Waals surface area (Å²) in [5, 5.41) is 0. The fourth-order valence-corrected chi connectivity index (χ4v) is 2.77. The highest BCUT2D eigenvalue weighted by Crippen LogP contribution is 2.17. The van der Waals surface area contributed by atoms with E-state index in [9.17, 15) is 0 Å². The largest absolute Gasteiger partial charge is 0.313 e. The molecule has 0 saturated heterocycles. The van der Waals surface area contributed by atoms with Gasteiger partial charge in [-0.25, -0.2) is 0 Å². The number of nitrogens with two attached hydrogens (primary N) is 2. The first-order valence-electron chi connectivity index (χ1n) is 9.20. The van der Waals surface area contributed by atoms with Crippen LogP contribution in [0.5, 0.6) is 0 Å². The molecular formula is C18H40N2. The normalized spacial score (nSPS) is 12.0. The minimum atomic E-state index is -0.408. The quantitative estimate of drug-likeness (QED) is 0.308. The summed E-state index contributed by atoms with van der Waals surface area (Å²) in [6.07, 6.45) is 19.3. The molecule has 2 nitrogen and oxygen atoms in total. The Bertz CT molecular complexity index is 190. The molecule has 0 saturated carbocycles. The summed E-state index contributed by atoms with van der Waals surface area (Å²) in [4.78, 5) is 0. The van der Waals surface area contributed by atoms with Crippen LogP contribution in [0.2, 0.25) is 0 Å². The van der Waals surface area contributed by atoms with Crippen LogP contribution >= 0.6 is 0 Å². The molecular weight excluding hydrogens is 244 g/mol. The smallest absolute Gasteiger partial charge is 0.0636 e. The van der Waals surface area contributed by atoms with E-state index in [0.717, 1.165) is 12.8 Å². The van der Waals surface area contributed by atoms with Crippen molar-refractivity contribution in [2.75, 3.05) is 0 Å². The van der Waals surface area contributed by atoms with Gasteiger partial charge >= 0.3 is 0 Å². The maximum atomic E-state index is 6.19. The van der Waals surface area contributed by atoms with Crippen molar-refractivity contribution in [1.82, 2.24) is 0 Å². The van der Waals surface area contributed by atoms with Gasteiger partial charge in [-0.15, -0.1) is 0 Å². The van der Waals surface area contributed by atoms with Crippen LogP contribution in [-0.2, 0) is 0 Å². The van der Waals surface area contributed by atoms with E-state index in [-0.39, 0.29) is 0 Å². The lowest BCUT2D eigenvalue weighted by Gasteiger charge is -2.24. The molecule has 0 atom stereocenters. The third kappa shape index (κ3) is 14.3. The second kappa shape index (κ2) is 13.9. The van der Waals surface area contributed by atoms with E-state index < -0.39 is 5.66 Å². The van der Waals surface area contributed by atoms with Crippen molar-refractivity contribution in [2.24, 2.45) is 11.5 Å². The minimum Gasteiger partial charge on any atom is -0.313 e. The highest BCUT2D eigenvalue weighted by molar-refractivity contribution is 4.76. The standard InChI is InChI=1S/C18H40N2/c1-3-5-7-9-10-11-13-15-17-18(19,20)16-14-12-8-6-4-2/h3-17,19-20H2,1-2H3. The molecule has 0 aliphatic rings. The lowest BCUT2D eigenvalue weighted by atomic mass is 9.96. The molecule has 0 spiro atoms. The van der Waals surface area contributed by atoms with Gasteiger partial charge in [0.1, 0.15) is 0 Å². The van der Waals surface area contributed by atoms with Crippen LogP contribution in [0.4, 0.5) is 0 Å². The van der Waals surface area contributed by atoms with Crippen molar-refractivity contribution in [3.8, 4) is 0 Å². The average Bonchev–Trinajstić information content (AvgIpc) is 2.41. The number of rotatable bonds is 15. The van der Waals surface area contributed by atoms with E-state index in [1.165, 1.54) is 83.5 Å². The van der Waals surface area contributed by atoms with Gasteiger partial charge in [0.15, 0.2) is 0 Å². The number of unbranched alkanes of at least 4 members (excludes halogenated alkanes) is 11. The Kier molecular flexibility index (Phi) is 13.8. The van der Waals surface area contributed by atoms with E-state index in [0.29, 0.717) is 0 Å². The van der Waals surface area contributed by atoms with Gasteiger partial charge < -0.3 is 11.5 Å². The SMILES string of the molecule is CCCCCCCCCCC(N)(N)CCCCCCC. The molecule has 0 heterocycles. The lowest BCUT2D eigenvalue weighted by Crippen LogP contribution is -2.49. The molecule has 0 radical (unpaired) electrons. The molecule has 0 fully saturated rings. The maximum Gasteiger partial charge on any atom is 0.0636 e. The van der Waals surface area contributed by atoms with Gasteiger partial charge in [0.2, 0.25) is 0 Å².